The average molecular weight is 346 g/mol. The summed E-state index contributed by atoms with van der Waals surface area (Å²) >= 11 is 6.14. The molecule has 1 amide bonds. The van der Waals surface area contributed by atoms with Gasteiger partial charge in [-0.3, -0.25) is 9.78 Å². The summed E-state index contributed by atoms with van der Waals surface area (Å²) in [6, 6.07) is 7.29. The number of halogens is 1. The molecule has 6 heteroatoms. The predicted molar refractivity (Wildman–Crippen MR) is 95.4 cm³/mol. The molecule has 0 saturated carbocycles. The first kappa shape index (κ1) is 16.6. The van der Waals surface area contributed by atoms with Crippen molar-refractivity contribution in [2.75, 3.05) is 25.5 Å². The fourth-order valence-corrected chi connectivity index (χ4v) is 2.95. The van der Waals surface area contributed by atoms with Gasteiger partial charge >= 0.3 is 0 Å². The van der Waals surface area contributed by atoms with Gasteiger partial charge in [-0.2, -0.15) is 0 Å². The molecule has 5 nitrogen and oxygen atoms in total. The second kappa shape index (κ2) is 7.09. The summed E-state index contributed by atoms with van der Waals surface area (Å²) in [5.41, 5.74) is 2.98. The molecule has 2 heterocycles. The average Bonchev–Trinajstić information content (AvgIpc) is 3.12. The maximum atomic E-state index is 12.5. The second-order valence-electron chi connectivity index (χ2n) is 5.86. The summed E-state index contributed by atoms with van der Waals surface area (Å²) < 4.78 is 5.37. The van der Waals surface area contributed by atoms with Gasteiger partial charge < -0.3 is 15.0 Å². The van der Waals surface area contributed by atoms with Crippen molar-refractivity contribution in [1.82, 2.24) is 9.88 Å². The van der Waals surface area contributed by atoms with Crippen molar-refractivity contribution in [2.45, 2.75) is 19.8 Å². The minimum atomic E-state index is -0.0181. The third-order valence-corrected chi connectivity index (χ3v) is 4.54. The smallest absolute Gasteiger partial charge is 0.272 e. The molecule has 1 aliphatic rings. The number of nitrogens with zero attached hydrogens (tertiary/aromatic N) is 2. The molecular weight excluding hydrogens is 326 g/mol. The molecule has 126 valence electrons. The van der Waals surface area contributed by atoms with Gasteiger partial charge in [-0.15, -0.1) is 0 Å². The molecule has 0 radical (unpaired) electrons. The first-order valence-corrected chi connectivity index (χ1v) is 8.33. The lowest BCUT2D eigenvalue weighted by atomic mass is 10.2. The van der Waals surface area contributed by atoms with Crippen LogP contribution in [-0.2, 0) is 0 Å². The van der Waals surface area contributed by atoms with Gasteiger partial charge in [0, 0.05) is 36.1 Å². The number of carbonyl (C=O) groups excluding carboxylic acids is 1. The number of aryl methyl sites for hydroxylation is 1. The molecule has 1 saturated heterocycles. The number of pyridine rings is 1. The number of benzene rings is 1. The maximum Gasteiger partial charge on any atom is 0.272 e. The summed E-state index contributed by atoms with van der Waals surface area (Å²) in [6.45, 7) is 3.55. The molecule has 1 aromatic carbocycles. The number of ether oxygens (including phenoxy) is 1. The van der Waals surface area contributed by atoms with Crippen LogP contribution in [0.1, 0.15) is 28.9 Å². The third kappa shape index (κ3) is 3.46. The van der Waals surface area contributed by atoms with E-state index >= 15 is 0 Å². The lowest BCUT2D eigenvalue weighted by molar-refractivity contribution is 0.0787. The molecule has 0 aliphatic carbocycles. The van der Waals surface area contributed by atoms with Crippen LogP contribution in [0.15, 0.2) is 30.5 Å². The van der Waals surface area contributed by atoms with E-state index in [4.69, 9.17) is 16.3 Å². The number of likely N-dealkylation sites (tertiary alicyclic amines) is 1. The van der Waals surface area contributed by atoms with E-state index in [1.807, 2.05) is 24.0 Å². The van der Waals surface area contributed by atoms with E-state index < -0.39 is 0 Å². The van der Waals surface area contributed by atoms with Crippen molar-refractivity contribution in [3.8, 4) is 5.75 Å². The molecule has 1 fully saturated rings. The second-order valence-corrected chi connectivity index (χ2v) is 6.26. The van der Waals surface area contributed by atoms with E-state index in [1.54, 1.807) is 25.4 Å². The van der Waals surface area contributed by atoms with E-state index in [9.17, 15) is 4.79 Å². The molecule has 0 spiro atoms. The van der Waals surface area contributed by atoms with Gasteiger partial charge in [0.25, 0.3) is 5.91 Å². The first-order valence-electron chi connectivity index (χ1n) is 7.95. The van der Waals surface area contributed by atoms with Crippen LogP contribution in [0, 0.1) is 6.92 Å². The Kier molecular flexibility index (Phi) is 4.90. The van der Waals surface area contributed by atoms with E-state index in [0.29, 0.717) is 16.5 Å². The van der Waals surface area contributed by atoms with Crippen molar-refractivity contribution < 1.29 is 9.53 Å². The number of hydrogen-bond acceptors (Lipinski definition) is 4. The fourth-order valence-electron chi connectivity index (χ4n) is 2.79. The van der Waals surface area contributed by atoms with Crippen LogP contribution in [0.3, 0.4) is 0 Å². The molecule has 1 aromatic heterocycles. The van der Waals surface area contributed by atoms with E-state index in [2.05, 4.69) is 10.3 Å². The number of amides is 1. The van der Waals surface area contributed by atoms with Crippen molar-refractivity contribution in [2.24, 2.45) is 0 Å². The standard InChI is InChI=1S/C18H20ClN3O2/c1-12-9-15(17(24-2)11-14(12)19)21-13-5-6-20-16(10-13)18(23)22-7-3-4-8-22/h5-6,9-11H,3-4,7-8H2,1-2H3,(H,20,21). The highest BCUT2D eigenvalue weighted by Gasteiger charge is 2.20. The van der Waals surface area contributed by atoms with Gasteiger partial charge in [-0.05, 0) is 43.5 Å². The highest BCUT2D eigenvalue weighted by atomic mass is 35.5. The zero-order valence-corrected chi connectivity index (χ0v) is 14.6. The van der Waals surface area contributed by atoms with Crippen molar-refractivity contribution in [1.29, 1.82) is 0 Å². The minimum absolute atomic E-state index is 0.0181. The van der Waals surface area contributed by atoms with Crippen molar-refractivity contribution in [3.63, 3.8) is 0 Å². The van der Waals surface area contributed by atoms with Crippen LogP contribution in [0.2, 0.25) is 5.02 Å². The topological polar surface area (TPSA) is 54.5 Å². The highest BCUT2D eigenvalue weighted by Crippen LogP contribution is 2.33. The lowest BCUT2D eigenvalue weighted by Gasteiger charge is -2.16. The molecule has 24 heavy (non-hydrogen) atoms. The number of carbonyl (C=O) groups is 1. The highest BCUT2D eigenvalue weighted by molar-refractivity contribution is 6.31. The van der Waals surface area contributed by atoms with Gasteiger partial charge in [0.05, 0.1) is 12.8 Å². The Morgan fingerprint density at radius 2 is 2.04 bits per heavy atom. The van der Waals surface area contributed by atoms with E-state index in [1.165, 1.54) is 0 Å². The number of methoxy groups -OCH3 is 1. The predicted octanol–water partition coefficient (Wildman–Crippen LogP) is 4.03. The normalized spacial score (nSPS) is 13.9. The van der Waals surface area contributed by atoms with Crippen LogP contribution >= 0.6 is 11.6 Å². The number of anilines is 2. The first-order chi connectivity index (χ1) is 11.6. The van der Waals surface area contributed by atoms with Crippen molar-refractivity contribution >= 4 is 28.9 Å². The molecule has 3 rings (SSSR count). The Labute approximate surface area is 146 Å². The van der Waals surface area contributed by atoms with Gasteiger partial charge in [0.15, 0.2) is 0 Å². The molecule has 0 bridgehead atoms. The minimum Gasteiger partial charge on any atom is -0.495 e. The zero-order chi connectivity index (χ0) is 17.1. The molecule has 2 aromatic rings. The van der Waals surface area contributed by atoms with E-state index in [0.717, 1.165) is 42.9 Å². The summed E-state index contributed by atoms with van der Waals surface area (Å²) in [7, 11) is 1.60. The van der Waals surface area contributed by atoms with Crippen LogP contribution < -0.4 is 10.1 Å². The maximum absolute atomic E-state index is 12.5. The zero-order valence-electron chi connectivity index (χ0n) is 13.8. The number of aromatic nitrogens is 1. The Morgan fingerprint density at radius 1 is 1.29 bits per heavy atom. The molecule has 1 aliphatic heterocycles. The summed E-state index contributed by atoms with van der Waals surface area (Å²) in [6.07, 6.45) is 3.76. The molecule has 1 N–H and O–H groups in total. The fraction of sp³-hybridized carbons (Fsp3) is 0.333. The van der Waals surface area contributed by atoms with Crippen LogP contribution in [0.25, 0.3) is 0 Å². The molecule has 0 atom stereocenters. The van der Waals surface area contributed by atoms with Crippen molar-refractivity contribution in [3.05, 3.63) is 46.7 Å². The Morgan fingerprint density at radius 3 is 2.75 bits per heavy atom. The van der Waals surface area contributed by atoms with Gasteiger partial charge in [-0.1, -0.05) is 11.6 Å². The molecule has 0 unspecified atom stereocenters. The van der Waals surface area contributed by atoms with Crippen LogP contribution in [0.4, 0.5) is 11.4 Å². The quantitative estimate of drug-likeness (QED) is 0.908. The number of hydrogen-bond donors (Lipinski definition) is 1. The van der Waals surface area contributed by atoms with Gasteiger partial charge in [-0.25, -0.2) is 0 Å². The van der Waals surface area contributed by atoms with Crippen LogP contribution in [-0.4, -0.2) is 36.0 Å². The Bertz CT molecular complexity index is 758. The SMILES string of the molecule is COc1cc(Cl)c(C)cc1Nc1ccnc(C(=O)N2CCCC2)c1. The summed E-state index contributed by atoms with van der Waals surface area (Å²) in [5, 5.41) is 3.93. The molecular formula is C18H20ClN3O2. The summed E-state index contributed by atoms with van der Waals surface area (Å²) in [5.74, 6) is 0.630. The number of nitrogens with one attached hydrogen (secondary N) is 1. The van der Waals surface area contributed by atoms with E-state index in [-0.39, 0.29) is 5.91 Å². The third-order valence-electron chi connectivity index (χ3n) is 4.13. The van der Waals surface area contributed by atoms with Gasteiger partial charge in [0.1, 0.15) is 11.4 Å². The number of rotatable bonds is 4. The largest absolute Gasteiger partial charge is 0.495 e. The Hall–Kier alpha value is -2.27. The monoisotopic (exact) mass is 345 g/mol. The Balaban J connectivity index is 1.85. The van der Waals surface area contributed by atoms with Crippen LogP contribution in [0.5, 0.6) is 5.75 Å². The lowest BCUT2D eigenvalue weighted by Crippen LogP contribution is -2.28. The van der Waals surface area contributed by atoms with Gasteiger partial charge in [0.2, 0.25) is 0 Å². The summed E-state index contributed by atoms with van der Waals surface area (Å²) in [4.78, 5) is 18.5.